The summed E-state index contributed by atoms with van der Waals surface area (Å²) in [7, 11) is 0. The number of nitrogens with zero attached hydrogens (tertiary/aromatic N) is 1. The SMILES string of the molecule is CC(=O)Nc1cccc(C(C)NCc2cnco2)c1. The first kappa shape index (κ1) is 13.3. The Hall–Kier alpha value is -2.14. The highest BCUT2D eigenvalue weighted by molar-refractivity contribution is 5.88. The highest BCUT2D eigenvalue weighted by atomic mass is 16.3. The quantitative estimate of drug-likeness (QED) is 0.865. The van der Waals surface area contributed by atoms with Crippen LogP contribution in [0.5, 0.6) is 0 Å². The van der Waals surface area contributed by atoms with Crippen LogP contribution in [0, 0.1) is 0 Å². The third-order valence-electron chi connectivity index (χ3n) is 2.77. The van der Waals surface area contributed by atoms with Crippen LogP contribution in [0.1, 0.15) is 31.2 Å². The molecule has 1 unspecified atom stereocenters. The van der Waals surface area contributed by atoms with Gasteiger partial charge >= 0.3 is 0 Å². The van der Waals surface area contributed by atoms with Crippen molar-refractivity contribution in [2.45, 2.75) is 26.4 Å². The molecule has 5 nitrogen and oxygen atoms in total. The van der Waals surface area contributed by atoms with Crippen molar-refractivity contribution in [2.24, 2.45) is 0 Å². The fourth-order valence-corrected chi connectivity index (χ4v) is 1.79. The zero-order valence-electron chi connectivity index (χ0n) is 11.0. The minimum Gasteiger partial charge on any atom is -0.447 e. The second-order valence-electron chi connectivity index (χ2n) is 4.38. The Morgan fingerprint density at radius 1 is 1.47 bits per heavy atom. The molecule has 2 rings (SSSR count). The van der Waals surface area contributed by atoms with Gasteiger partial charge < -0.3 is 15.1 Å². The van der Waals surface area contributed by atoms with Gasteiger partial charge in [0.25, 0.3) is 0 Å². The molecule has 0 saturated heterocycles. The van der Waals surface area contributed by atoms with Crippen molar-refractivity contribution in [1.29, 1.82) is 0 Å². The Balaban J connectivity index is 1.98. The maximum absolute atomic E-state index is 11.0. The van der Waals surface area contributed by atoms with Gasteiger partial charge in [-0.1, -0.05) is 12.1 Å². The molecule has 0 spiro atoms. The predicted molar refractivity (Wildman–Crippen MR) is 72.5 cm³/mol. The third-order valence-corrected chi connectivity index (χ3v) is 2.77. The lowest BCUT2D eigenvalue weighted by Crippen LogP contribution is -2.18. The molecule has 1 heterocycles. The average Bonchev–Trinajstić information content (AvgIpc) is 2.88. The molecule has 2 aromatic rings. The van der Waals surface area contributed by atoms with Crippen LogP contribution in [0.15, 0.2) is 41.3 Å². The summed E-state index contributed by atoms with van der Waals surface area (Å²) in [5, 5.41) is 6.11. The summed E-state index contributed by atoms with van der Waals surface area (Å²) in [4.78, 5) is 14.9. The van der Waals surface area contributed by atoms with Gasteiger partial charge in [0.15, 0.2) is 6.39 Å². The predicted octanol–water partition coefficient (Wildman–Crippen LogP) is 2.48. The van der Waals surface area contributed by atoms with Crippen LogP contribution in [-0.2, 0) is 11.3 Å². The summed E-state index contributed by atoms with van der Waals surface area (Å²) in [5.41, 5.74) is 1.91. The lowest BCUT2D eigenvalue weighted by atomic mass is 10.1. The molecule has 2 N–H and O–H groups in total. The van der Waals surface area contributed by atoms with Crippen LogP contribution in [0.3, 0.4) is 0 Å². The van der Waals surface area contributed by atoms with Crippen molar-refractivity contribution >= 4 is 11.6 Å². The monoisotopic (exact) mass is 259 g/mol. The molecular weight excluding hydrogens is 242 g/mol. The number of hydrogen-bond acceptors (Lipinski definition) is 4. The molecule has 1 aromatic carbocycles. The summed E-state index contributed by atoms with van der Waals surface area (Å²) in [6.07, 6.45) is 3.10. The number of benzene rings is 1. The van der Waals surface area contributed by atoms with Crippen molar-refractivity contribution in [3.8, 4) is 0 Å². The van der Waals surface area contributed by atoms with E-state index in [-0.39, 0.29) is 11.9 Å². The number of oxazole rings is 1. The largest absolute Gasteiger partial charge is 0.447 e. The number of anilines is 1. The van der Waals surface area contributed by atoms with Crippen LogP contribution >= 0.6 is 0 Å². The second-order valence-corrected chi connectivity index (χ2v) is 4.38. The lowest BCUT2D eigenvalue weighted by molar-refractivity contribution is -0.114. The van der Waals surface area contributed by atoms with Crippen molar-refractivity contribution in [2.75, 3.05) is 5.32 Å². The highest BCUT2D eigenvalue weighted by Gasteiger charge is 2.07. The van der Waals surface area contributed by atoms with Gasteiger partial charge in [-0.05, 0) is 24.6 Å². The van der Waals surface area contributed by atoms with E-state index in [1.165, 1.54) is 13.3 Å². The summed E-state index contributed by atoms with van der Waals surface area (Å²) < 4.78 is 5.17. The van der Waals surface area contributed by atoms with Gasteiger partial charge in [0.05, 0.1) is 12.7 Å². The first-order valence-electron chi connectivity index (χ1n) is 6.13. The minimum atomic E-state index is -0.0700. The van der Waals surface area contributed by atoms with Crippen molar-refractivity contribution in [3.63, 3.8) is 0 Å². The maximum atomic E-state index is 11.0. The van der Waals surface area contributed by atoms with Crippen molar-refractivity contribution in [1.82, 2.24) is 10.3 Å². The number of hydrogen-bond donors (Lipinski definition) is 2. The van der Waals surface area contributed by atoms with Crippen LogP contribution in [0.4, 0.5) is 5.69 Å². The second kappa shape index (κ2) is 6.15. The maximum Gasteiger partial charge on any atom is 0.221 e. The average molecular weight is 259 g/mol. The smallest absolute Gasteiger partial charge is 0.221 e. The highest BCUT2D eigenvalue weighted by Crippen LogP contribution is 2.17. The number of aromatic nitrogens is 1. The third kappa shape index (κ3) is 3.93. The Labute approximate surface area is 112 Å². The van der Waals surface area contributed by atoms with Gasteiger partial charge in [0.2, 0.25) is 5.91 Å². The topological polar surface area (TPSA) is 67.2 Å². The minimum absolute atomic E-state index is 0.0700. The number of nitrogens with one attached hydrogen (secondary N) is 2. The standard InChI is InChI=1S/C14H17N3O2/c1-10(16-8-14-7-15-9-19-14)12-4-3-5-13(6-12)17-11(2)18/h3-7,9-10,16H,8H2,1-2H3,(H,17,18). The van der Waals surface area contributed by atoms with E-state index in [2.05, 4.69) is 22.5 Å². The molecule has 19 heavy (non-hydrogen) atoms. The zero-order chi connectivity index (χ0) is 13.7. The summed E-state index contributed by atoms with van der Waals surface area (Å²) >= 11 is 0. The molecule has 0 aliphatic carbocycles. The summed E-state index contributed by atoms with van der Waals surface area (Å²) in [6.45, 7) is 4.17. The first-order chi connectivity index (χ1) is 9.15. The van der Waals surface area contributed by atoms with Crippen molar-refractivity contribution in [3.05, 3.63) is 48.2 Å². The van der Waals surface area contributed by atoms with E-state index in [0.29, 0.717) is 6.54 Å². The first-order valence-corrected chi connectivity index (χ1v) is 6.13. The molecule has 0 saturated carbocycles. The van der Waals surface area contributed by atoms with E-state index >= 15 is 0 Å². The van der Waals surface area contributed by atoms with Gasteiger partial charge in [-0.3, -0.25) is 4.79 Å². The van der Waals surface area contributed by atoms with E-state index in [4.69, 9.17) is 4.42 Å². The van der Waals surface area contributed by atoms with Crippen LogP contribution in [0.2, 0.25) is 0 Å². The van der Waals surface area contributed by atoms with Gasteiger partial charge in [0.1, 0.15) is 5.76 Å². The molecule has 0 aliphatic rings. The number of carbonyl (C=O) groups is 1. The van der Waals surface area contributed by atoms with E-state index in [0.717, 1.165) is 17.0 Å². The molecule has 5 heteroatoms. The van der Waals surface area contributed by atoms with Crippen LogP contribution < -0.4 is 10.6 Å². The summed E-state index contributed by atoms with van der Waals surface area (Å²) in [6, 6.07) is 7.92. The molecule has 0 aliphatic heterocycles. The zero-order valence-corrected chi connectivity index (χ0v) is 11.0. The molecule has 1 aromatic heterocycles. The normalized spacial score (nSPS) is 12.1. The molecule has 100 valence electrons. The molecule has 1 amide bonds. The molecule has 0 bridgehead atoms. The van der Waals surface area contributed by atoms with Gasteiger partial charge in [-0.15, -0.1) is 0 Å². The van der Waals surface area contributed by atoms with Gasteiger partial charge in [-0.25, -0.2) is 4.98 Å². The Morgan fingerprint density at radius 3 is 3.00 bits per heavy atom. The van der Waals surface area contributed by atoms with Gasteiger partial charge in [-0.2, -0.15) is 0 Å². The Bertz CT molecular complexity index is 537. The molecule has 0 radical (unpaired) electrons. The van der Waals surface area contributed by atoms with E-state index in [9.17, 15) is 4.79 Å². The number of carbonyl (C=O) groups excluding carboxylic acids is 1. The lowest BCUT2D eigenvalue weighted by Gasteiger charge is -2.14. The van der Waals surface area contributed by atoms with Crippen LogP contribution in [0.25, 0.3) is 0 Å². The Kier molecular flexibility index (Phi) is 4.30. The molecule has 1 atom stereocenters. The number of amides is 1. The Morgan fingerprint density at radius 2 is 2.32 bits per heavy atom. The molecule has 0 fully saturated rings. The van der Waals surface area contributed by atoms with Crippen molar-refractivity contribution < 1.29 is 9.21 Å². The molecular formula is C14H17N3O2. The fourth-order valence-electron chi connectivity index (χ4n) is 1.79. The van der Waals surface area contributed by atoms with Gasteiger partial charge in [0, 0.05) is 18.7 Å². The fraction of sp³-hybridized carbons (Fsp3) is 0.286. The number of rotatable bonds is 5. The summed E-state index contributed by atoms with van der Waals surface area (Å²) in [5.74, 6) is 0.726. The van der Waals surface area contributed by atoms with Crippen LogP contribution in [-0.4, -0.2) is 10.9 Å². The van der Waals surface area contributed by atoms with E-state index in [1.54, 1.807) is 6.20 Å². The van der Waals surface area contributed by atoms with E-state index in [1.807, 2.05) is 24.3 Å². The van der Waals surface area contributed by atoms with E-state index < -0.39 is 0 Å².